The highest BCUT2D eigenvalue weighted by molar-refractivity contribution is 5.49. The molecule has 1 saturated carbocycles. The first kappa shape index (κ1) is 21.8. The molecular weight excluding hydrogens is 419 g/mol. The minimum Gasteiger partial charge on any atom is -0.497 e. The lowest BCUT2D eigenvalue weighted by Gasteiger charge is -2.40. The van der Waals surface area contributed by atoms with Crippen LogP contribution in [-0.2, 0) is 0 Å². The third-order valence-corrected chi connectivity index (χ3v) is 6.99. The number of piperazine rings is 1. The lowest BCUT2D eigenvalue weighted by Crippen LogP contribution is -2.48. The van der Waals surface area contributed by atoms with Gasteiger partial charge in [0.05, 0.1) is 19.2 Å². The van der Waals surface area contributed by atoms with E-state index in [-0.39, 0.29) is 11.9 Å². The van der Waals surface area contributed by atoms with Crippen LogP contribution in [0, 0.1) is 5.82 Å². The SMILES string of the molecule is COc1ccc(N2CCN(C(c3ccc(F)cc3)c3nnnn3C3CCCCC3)CC2)cc1. The van der Waals surface area contributed by atoms with Crippen molar-refractivity contribution < 1.29 is 9.13 Å². The van der Waals surface area contributed by atoms with Crippen molar-refractivity contribution in [1.82, 2.24) is 25.1 Å². The molecule has 3 aromatic rings. The number of benzene rings is 2. The number of hydrogen-bond acceptors (Lipinski definition) is 6. The summed E-state index contributed by atoms with van der Waals surface area (Å²) in [6.07, 6.45) is 5.93. The van der Waals surface area contributed by atoms with Crippen LogP contribution in [0.1, 0.15) is 55.6 Å². The van der Waals surface area contributed by atoms with Crippen molar-refractivity contribution in [3.63, 3.8) is 0 Å². The first-order chi connectivity index (χ1) is 16.2. The zero-order valence-electron chi connectivity index (χ0n) is 19.1. The van der Waals surface area contributed by atoms with Crippen LogP contribution < -0.4 is 9.64 Å². The Kier molecular flexibility index (Phi) is 6.53. The maximum atomic E-state index is 13.7. The molecule has 2 fully saturated rings. The van der Waals surface area contributed by atoms with Crippen LogP contribution >= 0.6 is 0 Å². The molecule has 0 bridgehead atoms. The second kappa shape index (κ2) is 9.87. The molecule has 0 N–H and O–H groups in total. The van der Waals surface area contributed by atoms with Crippen LogP contribution in [0.15, 0.2) is 48.5 Å². The summed E-state index contributed by atoms with van der Waals surface area (Å²) in [7, 11) is 1.68. The monoisotopic (exact) mass is 450 g/mol. The largest absolute Gasteiger partial charge is 0.497 e. The normalized spacial score (nSPS) is 18.9. The molecule has 2 aromatic carbocycles. The summed E-state index contributed by atoms with van der Waals surface area (Å²) in [6, 6.07) is 15.3. The molecule has 33 heavy (non-hydrogen) atoms. The van der Waals surface area contributed by atoms with Crippen molar-refractivity contribution in [3.8, 4) is 5.75 Å². The van der Waals surface area contributed by atoms with Crippen molar-refractivity contribution in [2.75, 3.05) is 38.2 Å². The Morgan fingerprint density at radius 1 is 0.909 bits per heavy atom. The molecule has 1 aromatic heterocycles. The molecule has 1 atom stereocenters. The Morgan fingerprint density at radius 2 is 1.61 bits per heavy atom. The quantitative estimate of drug-likeness (QED) is 0.560. The highest BCUT2D eigenvalue weighted by Crippen LogP contribution is 2.34. The van der Waals surface area contributed by atoms with E-state index in [4.69, 9.17) is 4.74 Å². The highest BCUT2D eigenvalue weighted by atomic mass is 19.1. The van der Waals surface area contributed by atoms with Gasteiger partial charge in [-0.25, -0.2) is 9.07 Å². The van der Waals surface area contributed by atoms with Gasteiger partial charge in [-0.2, -0.15) is 0 Å². The van der Waals surface area contributed by atoms with E-state index in [1.165, 1.54) is 37.1 Å². The van der Waals surface area contributed by atoms with Gasteiger partial charge in [0.15, 0.2) is 5.82 Å². The molecule has 5 rings (SSSR count). The molecule has 2 aliphatic rings. The van der Waals surface area contributed by atoms with Crippen molar-refractivity contribution in [3.05, 3.63) is 65.7 Å². The summed E-state index contributed by atoms with van der Waals surface area (Å²) in [6.45, 7) is 3.53. The number of methoxy groups -OCH3 is 1. The maximum absolute atomic E-state index is 13.7. The second-order valence-corrected chi connectivity index (χ2v) is 8.95. The predicted molar refractivity (Wildman–Crippen MR) is 125 cm³/mol. The van der Waals surface area contributed by atoms with Crippen LogP contribution in [0.4, 0.5) is 10.1 Å². The molecule has 0 spiro atoms. The van der Waals surface area contributed by atoms with E-state index < -0.39 is 0 Å². The third-order valence-electron chi connectivity index (χ3n) is 6.99. The zero-order valence-corrected chi connectivity index (χ0v) is 19.1. The van der Waals surface area contributed by atoms with E-state index in [9.17, 15) is 4.39 Å². The average Bonchev–Trinajstić information content (AvgIpc) is 3.36. The fourth-order valence-electron chi connectivity index (χ4n) is 5.17. The standard InChI is InChI=1S/C25H31FN6O/c1-33-23-13-11-21(12-14-23)30-15-17-31(18-16-30)24(19-7-9-20(26)10-8-19)25-27-28-29-32(25)22-5-3-2-4-6-22/h7-14,22,24H,2-6,15-18H2,1H3. The van der Waals surface area contributed by atoms with E-state index in [1.54, 1.807) is 7.11 Å². The Balaban J connectivity index is 1.39. The molecule has 7 nitrogen and oxygen atoms in total. The number of rotatable bonds is 6. The molecule has 2 heterocycles. The van der Waals surface area contributed by atoms with Crippen LogP contribution in [0.2, 0.25) is 0 Å². The number of hydrogen-bond donors (Lipinski definition) is 0. The summed E-state index contributed by atoms with van der Waals surface area (Å²) in [4.78, 5) is 4.82. The number of halogens is 1. The van der Waals surface area contributed by atoms with Gasteiger partial charge in [0.2, 0.25) is 0 Å². The summed E-state index contributed by atoms with van der Waals surface area (Å²) >= 11 is 0. The lowest BCUT2D eigenvalue weighted by atomic mass is 9.95. The molecule has 1 aliphatic carbocycles. The molecule has 0 amide bonds. The van der Waals surface area contributed by atoms with E-state index in [0.717, 1.165) is 56.2 Å². The van der Waals surface area contributed by atoms with Crippen LogP contribution in [-0.4, -0.2) is 58.4 Å². The van der Waals surface area contributed by atoms with Crippen LogP contribution in [0.3, 0.4) is 0 Å². The molecule has 1 unspecified atom stereocenters. The molecular formula is C25H31FN6O. The van der Waals surface area contributed by atoms with Crippen LogP contribution in [0.25, 0.3) is 0 Å². The summed E-state index contributed by atoms with van der Waals surface area (Å²) in [5, 5.41) is 13.0. The van der Waals surface area contributed by atoms with E-state index in [1.807, 2.05) is 28.9 Å². The maximum Gasteiger partial charge on any atom is 0.173 e. The highest BCUT2D eigenvalue weighted by Gasteiger charge is 2.32. The lowest BCUT2D eigenvalue weighted by molar-refractivity contribution is 0.193. The van der Waals surface area contributed by atoms with Crippen molar-refractivity contribution in [2.24, 2.45) is 0 Å². The van der Waals surface area contributed by atoms with E-state index in [0.29, 0.717) is 6.04 Å². The minimum absolute atomic E-state index is 0.0967. The number of tetrazole rings is 1. The van der Waals surface area contributed by atoms with E-state index in [2.05, 4.69) is 37.5 Å². The predicted octanol–water partition coefficient (Wildman–Crippen LogP) is 4.24. The summed E-state index contributed by atoms with van der Waals surface area (Å²) < 4.78 is 21.1. The van der Waals surface area contributed by atoms with Crippen molar-refractivity contribution in [2.45, 2.75) is 44.2 Å². The first-order valence-corrected chi connectivity index (χ1v) is 11.9. The van der Waals surface area contributed by atoms with E-state index >= 15 is 0 Å². The Hall–Kier alpha value is -3.00. The third kappa shape index (κ3) is 4.71. The Labute approximate surface area is 194 Å². The Bertz CT molecular complexity index is 1020. The van der Waals surface area contributed by atoms with Crippen molar-refractivity contribution >= 4 is 5.69 Å². The molecule has 8 heteroatoms. The molecule has 1 aliphatic heterocycles. The molecule has 0 radical (unpaired) electrons. The fourth-order valence-corrected chi connectivity index (χ4v) is 5.17. The van der Waals surface area contributed by atoms with Crippen molar-refractivity contribution in [1.29, 1.82) is 0 Å². The van der Waals surface area contributed by atoms with Crippen LogP contribution in [0.5, 0.6) is 5.75 Å². The molecule has 1 saturated heterocycles. The van der Waals surface area contributed by atoms with Gasteiger partial charge in [-0.15, -0.1) is 5.10 Å². The van der Waals surface area contributed by atoms with Gasteiger partial charge >= 0.3 is 0 Å². The summed E-state index contributed by atoms with van der Waals surface area (Å²) in [5.74, 6) is 1.50. The van der Waals surface area contributed by atoms with Gasteiger partial charge in [-0.3, -0.25) is 4.90 Å². The minimum atomic E-state index is -0.228. The second-order valence-electron chi connectivity index (χ2n) is 8.95. The number of nitrogens with zero attached hydrogens (tertiary/aromatic N) is 6. The van der Waals surface area contributed by atoms with Gasteiger partial charge in [0.1, 0.15) is 11.6 Å². The Morgan fingerprint density at radius 3 is 2.27 bits per heavy atom. The van der Waals surface area contributed by atoms with Gasteiger partial charge < -0.3 is 9.64 Å². The zero-order chi connectivity index (χ0) is 22.6. The van der Waals surface area contributed by atoms with Gasteiger partial charge in [0.25, 0.3) is 0 Å². The van der Waals surface area contributed by atoms with Gasteiger partial charge in [-0.1, -0.05) is 31.4 Å². The molecule has 174 valence electrons. The first-order valence-electron chi connectivity index (χ1n) is 11.9. The number of aromatic nitrogens is 4. The average molecular weight is 451 g/mol. The number of anilines is 1. The van der Waals surface area contributed by atoms with Gasteiger partial charge in [-0.05, 0) is 65.2 Å². The topological polar surface area (TPSA) is 59.3 Å². The fraction of sp³-hybridized carbons (Fsp3) is 0.480. The number of ether oxygens (including phenoxy) is 1. The van der Waals surface area contributed by atoms with Gasteiger partial charge in [0, 0.05) is 31.9 Å². The smallest absolute Gasteiger partial charge is 0.173 e. The summed E-state index contributed by atoms with van der Waals surface area (Å²) in [5.41, 5.74) is 2.22.